The second-order valence-electron chi connectivity index (χ2n) is 6.91. The number of benzene rings is 1. The number of aryl methyl sites for hydroxylation is 2. The molecule has 0 spiro atoms. The fraction of sp³-hybridized carbons (Fsp3) is 0.500. The zero-order valence-electron chi connectivity index (χ0n) is 15.8. The van der Waals surface area contributed by atoms with Gasteiger partial charge in [0.15, 0.2) is 0 Å². The Labute approximate surface area is 150 Å². The van der Waals surface area contributed by atoms with Gasteiger partial charge >= 0.3 is 0 Å². The predicted octanol–water partition coefficient (Wildman–Crippen LogP) is 2.94. The van der Waals surface area contributed by atoms with Crippen LogP contribution in [0.15, 0.2) is 24.3 Å². The fourth-order valence-electron chi connectivity index (χ4n) is 2.94. The summed E-state index contributed by atoms with van der Waals surface area (Å²) in [5, 5.41) is 17.4. The van der Waals surface area contributed by atoms with Crippen molar-refractivity contribution in [2.75, 3.05) is 6.54 Å². The first kappa shape index (κ1) is 19.2. The summed E-state index contributed by atoms with van der Waals surface area (Å²) < 4.78 is 1.84. The second-order valence-corrected chi connectivity index (χ2v) is 6.91. The Morgan fingerprint density at radius 3 is 2.32 bits per heavy atom. The lowest BCUT2D eigenvalue weighted by Crippen LogP contribution is -2.28. The lowest BCUT2D eigenvalue weighted by atomic mass is 10.00. The average Bonchev–Trinajstić information content (AvgIpc) is 2.83. The van der Waals surface area contributed by atoms with E-state index in [-0.39, 0.29) is 12.5 Å². The van der Waals surface area contributed by atoms with Crippen molar-refractivity contribution in [1.82, 2.24) is 15.1 Å². The summed E-state index contributed by atoms with van der Waals surface area (Å²) in [6.45, 7) is 8.47. The largest absolute Gasteiger partial charge is 0.387 e. The Balaban J connectivity index is 1.83. The van der Waals surface area contributed by atoms with Crippen LogP contribution < -0.4 is 5.32 Å². The highest BCUT2D eigenvalue weighted by molar-refractivity contribution is 5.76. The highest BCUT2D eigenvalue weighted by Crippen LogP contribution is 2.18. The summed E-state index contributed by atoms with van der Waals surface area (Å²) in [5.74, 6) is 0.408. The molecule has 0 fully saturated rings. The van der Waals surface area contributed by atoms with Gasteiger partial charge in [0.2, 0.25) is 5.91 Å². The van der Waals surface area contributed by atoms with Crippen LogP contribution in [-0.2, 0) is 18.3 Å². The third-order valence-corrected chi connectivity index (χ3v) is 4.74. The number of rotatable bonds is 7. The fourth-order valence-corrected chi connectivity index (χ4v) is 2.94. The van der Waals surface area contributed by atoms with E-state index < -0.39 is 6.10 Å². The van der Waals surface area contributed by atoms with Crippen LogP contribution in [0.3, 0.4) is 0 Å². The first-order chi connectivity index (χ1) is 11.8. The number of carbonyl (C=O) groups excluding carboxylic acids is 1. The number of carbonyl (C=O) groups is 1. The standard InChI is InChI=1S/C20H29N3O2/c1-13(2)16-6-8-17(9-7-16)19(24)12-21-20(25)11-10-18-14(3)22-23(5)15(18)4/h6-9,13,19,24H,10-12H2,1-5H3,(H,21,25). The van der Waals surface area contributed by atoms with E-state index in [4.69, 9.17) is 0 Å². The van der Waals surface area contributed by atoms with Gasteiger partial charge in [0.1, 0.15) is 0 Å². The monoisotopic (exact) mass is 343 g/mol. The number of aliphatic hydroxyl groups is 1. The highest BCUT2D eigenvalue weighted by Gasteiger charge is 2.13. The maximum absolute atomic E-state index is 12.1. The van der Waals surface area contributed by atoms with Crippen LogP contribution in [0.2, 0.25) is 0 Å². The summed E-state index contributed by atoms with van der Waals surface area (Å²) >= 11 is 0. The van der Waals surface area contributed by atoms with Crippen LogP contribution in [0.25, 0.3) is 0 Å². The molecule has 1 aromatic heterocycles. The van der Waals surface area contributed by atoms with Gasteiger partial charge < -0.3 is 10.4 Å². The first-order valence-corrected chi connectivity index (χ1v) is 8.83. The van der Waals surface area contributed by atoms with Gasteiger partial charge in [-0.2, -0.15) is 5.10 Å². The smallest absolute Gasteiger partial charge is 0.220 e. The normalized spacial score (nSPS) is 12.4. The van der Waals surface area contributed by atoms with Crippen LogP contribution in [-0.4, -0.2) is 27.3 Å². The molecule has 25 heavy (non-hydrogen) atoms. The van der Waals surface area contributed by atoms with Crippen molar-refractivity contribution < 1.29 is 9.90 Å². The topological polar surface area (TPSA) is 67.2 Å². The molecule has 1 aromatic carbocycles. The van der Waals surface area contributed by atoms with Crippen molar-refractivity contribution in [2.24, 2.45) is 7.05 Å². The van der Waals surface area contributed by atoms with Gasteiger partial charge in [0.25, 0.3) is 0 Å². The SMILES string of the molecule is Cc1nn(C)c(C)c1CCC(=O)NCC(O)c1ccc(C(C)C)cc1. The lowest BCUT2D eigenvalue weighted by molar-refractivity contribution is -0.121. The van der Waals surface area contributed by atoms with E-state index in [1.807, 2.05) is 49.8 Å². The van der Waals surface area contributed by atoms with E-state index >= 15 is 0 Å². The van der Waals surface area contributed by atoms with Crippen molar-refractivity contribution in [2.45, 2.75) is 52.6 Å². The molecular weight excluding hydrogens is 314 g/mol. The molecule has 0 aliphatic heterocycles. The Kier molecular flexibility index (Phi) is 6.37. The van der Waals surface area contributed by atoms with Gasteiger partial charge in [-0.25, -0.2) is 0 Å². The third-order valence-electron chi connectivity index (χ3n) is 4.74. The Bertz CT molecular complexity index is 717. The molecule has 1 atom stereocenters. The van der Waals surface area contributed by atoms with Gasteiger partial charge in [-0.15, -0.1) is 0 Å². The van der Waals surface area contributed by atoms with Gasteiger partial charge in [-0.3, -0.25) is 9.48 Å². The molecule has 1 amide bonds. The summed E-state index contributed by atoms with van der Waals surface area (Å²) in [6.07, 6.45) is 0.370. The van der Waals surface area contributed by atoms with Gasteiger partial charge in [-0.05, 0) is 42.9 Å². The number of nitrogens with zero attached hydrogens (tertiary/aromatic N) is 2. The third kappa shape index (κ3) is 4.92. The number of hydrogen-bond donors (Lipinski definition) is 2. The van der Waals surface area contributed by atoms with Crippen LogP contribution in [0.4, 0.5) is 0 Å². The van der Waals surface area contributed by atoms with Crippen LogP contribution in [0.5, 0.6) is 0 Å². The van der Waals surface area contributed by atoms with Crippen LogP contribution in [0.1, 0.15) is 60.4 Å². The molecule has 136 valence electrons. The molecule has 5 nitrogen and oxygen atoms in total. The van der Waals surface area contributed by atoms with Gasteiger partial charge in [0.05, 0.1) is 11.8 Å². The molecule has 0 bridgehead atoms. The number of aliphatic hydroxyl groups excluding tert-OH is 1. The van der Waals surface area contributed by atoms with Crippen molar-refractivity contribution in [1.29, 1.82) is 0 Å². The number of hydrogen-bond acceptors (Lipinski definition) is 3. The van der Waals surface area contributed by atoms with E-state index in [1.165, 1.54) is 5.56 Å². The van der Waals surface area contributed by atoms with E-state index in [0.717, 1.165) is 22.5 Å². The maximum Gasteiger partial charge on any atom is 0.220 e. The minimum absolute atomic E-state index is 0.0551. The van der Waals surface area contributed by atoms with Crippen molar-refractivity contribution in [3.8, 4) is 0 Å². The second kappa shape index (κ2) is 8.30. The summed E-state index contributed by atoms with van der Waals surface area (Å²) in [5.41, 5.74) is 5.25. The predicted molar refractivity (Wildman–Crippen MR) is 99.5 cm³/mol. The molecular formula is C20H29N3O2. The zero-order valence-corrected chi connectivity index (χ0v) is 15.8. The molecule has 0 saturated carbocycles. The highest BCUT2D eigenvalue weighted by atomic mass is 16.3. The van der Waals surface area contributed by atoms with Gasteiger partial charge in [-0.1, -0.05) is 38.1 Å². The minimum atomic E-state index is -0.688. The number of aromatic nitrogens is 2. The molecule has 5 heteroatoms. The Hall–Kier alpha value is -2.14. The quantitative estimate of drug-likeness (QED) is 0.812. The van der Waals surface area contributed by atoms with Crippen LogP contribution >= 0.6 is 0 Å². The summed E-state index contributed by atoms with van der Waals surface area (Å²) in [4.78, 5) is 12.1. The van der Waals surface area contributed by atoms with E-state index in [0.29, 0.717) is 18.8 Å². The average molecular weight is 343 g/mol. The molecule has 2 aromatic rings. The van der Waals surface area contributed by atoms with Crippen molar-refractivity contribution in [3.05, 3.63) is 52.3 Å². The number of amides is 1. The maximum atomic E-state index is 12.1. The molecule has 1 heterocycles. The van der Waals surface area contributed by atoms with E-state index in [1.54, 1.807) is 0 Å². The minimum Gasteiger partial charge on any atom is -0.387 e. The van der Waals surface area contributed by atoms with E-state index in [2.05, 4.69) is 24.3 Å². The molecule has 0 radical (unpaired) electrons. The van der Waals surface area contributed by atoms with Crippen LogP contribution in [0, 0.1) is 13.8 Å². The first-order valence-electron chi connectivity index (χ1n) is 8.83. The Morgan fingerprint density at radius 2 is 1.80 bits per heavy atom. The Morgan fingerprint density at radius 1 is 1.20 bits per heavy atom. The van der Waals surface area contributed by atoms with Crippen molar-refractivity contribution in [3.63, 3.8) is 0 Å². The van der Waals surface area contributed by atoms with E-state index in [9.17, 15) is 9.90 Å². The molecule has 2 rings (SSSR count). The molecule has 0 saturated heterocycles. The van der Waals surface area contributed by atoms with Gasteiger partial charge in [0, 0.05) is 25.7 Å². The molecule has 0 aliphatic rings. The molecule has 0 aliphatic carbocycles. The lowest BCUT2D eigenvalue weighted by Gasteiger charge is -2.14. The zero-order chi connectivity index (χ0) is 18.6. The molecule has 1 unspecified atom stereocenters. The molecule has 2 N–H and O–H groups in total. The van der Waals surface area contributed by atoms with Crippen molar-refractivity contribution >= 4 is 5.91 Å². The number of nitrogens with one attached hydrogen (secondary N) is 1. The summed E-state index contributed by atoms with van der Waals surface area (Å²) in [6, 6.07) is 7.90. The summed E-state index contributed by atoms with van der Waals surface area (Å²) in [7, 11) is 1.91.